The number of nitrogens with one attached hydrogen (secondary N) is 1. The summed E-state index contributed by atoms with van der Waals surface area (Å²) in [5.41, 5.74) is 0.770. The Morgan fingerprint density at radius 3 is 2.91 bits per heavy atom. The van der Waals surface area contributed by atoms with E-state index in [1.54, 1.807) is 11.4 Å². The van der Waals surface area contributed by atoms with Gasteiger partial charge in [0.25, 0.3) is 0 Å². The SMILES string of the molecule is Cc1noc(NCC2CN(c3ccc4nnc(C)n4n3)C2)n1. The molecule has 1 fully saturated rings. The summed E-state index contributed by atoms with van der Waals surface area (Å²) in [5, 5.41) is 19.5. The van der Waals surface area contributed by atoms with Crippen LogP contribution in [-0.4, -0.2) is 49.6 Å². The maximum atomic E-state index is 5.03. The summed E-state index contributed by atoms with van der Waals surface area (Å²) < 4.78 is 6.80. The largest absolute Gasteiger partial charge is 0.354 e. The Morgan fingerprint density at radius 1 is 1.27 bits per heavy atom. The van der Waals surface area contributed by atoms with Crippen molar-refractivity contribution in [2.24, 2.45) is 5.92 Å². The second-order valence-corrected chi connectivity index (χ2v) is 5.51. The number of nitrogens with zero attached hydrogens (tertiary/aromatic N) is 7. The zero-order chi connectivity index (χ0) is 15.1. The Morgan fingerprint density at radius 2 is 2.14 bits per heavy atom. The molecule has 9 heteroatoms. The van der Waals surface area contributed by atoms with Gasteiger partial charge in [0.15, 0.2) is 17.3 Å². The highest BCUT2D eigenvalue weighted by atomic mass is 16.5. The van der Waals surface area contributed by atoms with Gasteiger partial charge >= 0.3 is 6.01 Å². The van der Waals surface area contributed by atoms with Gasteiger partial charge in [-0.1, -0.05) is 5.16 Å². The van der Waals surface area contributed by atoms with Crippen molar-refractivity contribution in [3.63, 3.8) is 0 Å². The van der Waals surface area contributed by atoms with Gasteiger partial charge < -0.3 is 14.7 Å². The van der Waals surface area contributed by atoms with E-state index in [4.69, 9.17) is 4.52 Å². The van der Waals surface area contributed by atoms with Gasteiger partial charge in [-0.25, -0.2) is 0 Å². The highest BCUT2D eigenvalue weighted by Gasteiger charge is 2.28. The van der Waals surface area contributed by atoms with Crippen LogP contribution in [-0.2, 0) is 0 Å². The summed E-state index contributed by atoms with van der Waals surface area (Å²) in [6, 6.07) is 4.40. The first-order chi connectivity index (χ1) is 10.7. The molecule has 0 aromatic carbocycles. The third-order valence-corrected chi connectivity index (χ3v) is 3.76. The average Bonchev–Trinajstić information content (AvgIpc) is 3.04. The van der Waals surface area contributed by atoms with Crippen molar-refractivity contribution in [2.75, 3.05) is 29.9 Å². The van der Waals surface area contributed by atoms with E-state index in [0.29, 0.717) is 17.8 Å². The molecule has 1 aliphatic heterocycles. The van der Waals surface area contributed by atoms with E-state index in [9.17, 15) is 0 Å². The molecule has 0 aliphatic carbocycles. The van der Waals surface area contributed by atoms with Gasteiger partial charge in [0.1, 0.15) is 5.82 Å². The van der Waals surface area contributed by atoms with Gasteiger partial charge in [-0.2, -0.15) is 9.50 Å². The van der Waals surface area contributed by atoms with Gasteiger partial charge in [-0.15, -0.1) is 15.3 Å². The summed E-state index contributed by atoms with van der Waals surface area (Å²) in [7, 11) is 0. The van der Waals surface area contributed by atoms with E-state index < -0.39 is 0 Å². The van der Waals surface area contributed by atoms with E-state index in [0.717, 1.165) is 36.9 Å². The van der Waals surface area contributed by atoms with E-state index in [1.807, 2.05) is 19.1 Å². The number of anilines is 2. The Balaban J connectivity index is 1.36. The van der Waals surface area contributed by atoms with Crippen LogP contribution in [0.2, 0.25) is 0 Å². The molecule has 1 aliphatic rings. The second kappa shape index (κ2) is 4.93. The van der Waals surface area contributed by atoms with Crippen LogP contribution in [0.25, 0.3) is 5.65 Å². The first-order valence-corrected chi connectivity index (χ1v) is 7.17. The van der Waals surface area contributed by atoms with E-state index in [1.165, 1.54) is 0 Å². The summed E-state index contributed by atoms with van der Waals surface area (Å²) >= 11 is 0. The zero-order valence-corrected chi connectivity index (χ0v) is 12.4. The van der Waals surface area contributed by atoms with Crippen molar-refractivity contribution in [1.29, 1.82) is 0 Å². The molecule has 0 unspecified atom stereocenters. The Labute approximate surface area is 126 Å². The highest BCUT2D eigenvalue weighted by molar-refractivity contribution is 5.47. The van der Waals surface area contributed by atoms with Crippen molar-refractivity contribution in [1.82, 2.24) is 30.0 Å². The fraction of sp³-hybridized carbons (Fsp3) is 0.462. The van der Waals surface area contributed by atoms with Gasteiger partial charge in [-0.05, 0) is 26.0 Å². The molecule has 3 aromatic heterocycles. The monoisotopic (exact) mass is 300 g/mol. The normalized spacial score (nSPS) is 15.3. The number of fused-ring (bicyclic) bond motifs is 1. The van der Waals surface area contributed by atoms with E-state index in [-0.39, 0.29) is 0 Å². The fourth-order valence-electron chi connectivity index (χ4n) is 2.54. The average molecular weight is 300 g/mol. The minimum atomic E-state index is 0.482. The van der Waals surface area contributed by atoms with Crippen LogP contribution in [0.1, 0.15) is 11.6 Å². The molecule has 3 aromatic rings. The topological polar surface area (TPSA) is 97.3 Å². The number of aromatic nitrogens is 6. The van der Waals surface area contributed by atoms with Crippen molar-refractivity contribution in [2.45, 2.75) is 13.8 Å². The molecule has 0 bridgehead atoms. The van der Waals surface area contributed by atoms with Gasteiger partial charge in [0.2, 0.25) is 0 Å². The molecule has 0 saturated carbocycles. The van der Waals surface area contributed by atoms with E-state index >= 15 is 0 Å². The lowest BCUT2D eigenvalue weighted by Gasteiger charge is -2.39. The molecule has 22 heavy (non-hydrogen) atoms. The highest BCUT2D eigenvalue weighted by Crippen LogP contribution is 2.23. The molecular formula is C13H16N8O. The predicted molar refractivity (Wildman–Crippen MR) is 78.7 cm³/mol. The number of hydrogen-bond acceptors (Lipinski definition) is 8. The molecular weight excluding hydrogens is 284 g/mol. The lowest BCUT2D eigenvalue weighted by atomic mass is 10.0. The lowest BCUT2D eigenvalue weighted by Crippen LogP contribution is -2.50. The van der Waals surface area contributed by atoms with Crippen LogP contribution in [0.4, 0.5) is 11.8 Å². The van der Waals surface area contributed by atoms with Crippen LogP contribution >= 0.6 is 0 Å². The van der Waals surface area contributed by atoms with Crippen LogP contribution in [0, 0.1) is 19.8 Å². The molecule has 4 rings (SSSR count). The summed E-state index contributed by atoms with van der Waals surface area (Å²) in [5.74, 6) is 2.91. The first-order valence-electron chi connectivity index (χ1n) is 7.17. The number of rotatable bonds is 4. The Bertz CT molecular complexity index is 803. The van der Waals surface area contributed by atoms with Crippen molar-refractivity contribution >= 4 is 17.5 Å². The third kappa shape index (κ3) is 2.24. The molecule has 1 saturated heterocycles. The standard InChI is InChI=1S/C13H16N8O/c1-8-15-13(22-19-8)14-5-10-6-20(7-10)12-4-3-11-17-16-9(2)21(11)18-12/h3-4,10H,5-7H2,1-2H3,(H,14,15,19). The molecule has 0 amide bonds. The molecule has 4 heterocycles. The lowest BCUT2D eigenvalue weighted by molar-refractivity contribution is 0.400. The van der Waals surface area contributed by atoms with Crippen LogP contribution in [0.3, 0.4) is 0 Å². The quantitative estimate of drug-likeness (QED) is 0.751. The van der Waals surface area contributed by atoms with E-state index in [2.05, 4.69) is 35.7 Å². The Kier molecular flexibility index (Phi) is 2.91. The zero-order valence-electron chi connectivity index (χ0n) is 12.4. The van der Waals surface area contributed by atoms with Crippen molar-refractivity contribution < 1.29 is 4.52 Å². The van der Waals surface area contributed by atoms with Gasteiger partial charge in [-0.3, -0.25) is 0 Å². The summed E-state index contributed by atoms with van der Waals surface area (Å²) in [4.78, 5) is 6.35. The summed E-state index contributed by atoms with van der Waals surface area (Å²) in [6.07, 6.45) is 0. The maximum absolute atomic E-state index is 5.03. The fourth-order valence-corrected chi connectivity index (χ4v) is 2.54. The van der Waals surface area contributed by atoms with Gasteiger partial charge in [0, 0.05) is 25.6 Å². The van der Waals surface area contributed by atoms with Gasteiger partial charge in [0.05, 0.1) is 0 Å². The van der Waals surface area contributed by atoms with Crippen LogP contribution < -0.4 is 10.2 Å². The van der Waals surface area contributed by atoms with Crippen molar-refractivity contribution in [3.8, 4) is 0 Å². The second-order valence-electron chi connectivity index (χ2n) is 5.51. The third-order valence-electron chi connectivity index (χ3n) is 3.76. The minimum Gasteiger partial charge on any atom is -0.354 e. The smallest absolute Gasteiger partial charge is 0.321 e. The van der Waals surface area contributed by atoms with Crippen LogP contribution in [0.5, 0.6) is 0 Å². The molecule has 0 spiro atoms. The maximum Gasteiger partial charge on any atom is 0.321 e. The summed E-state index contributed by atoms with van der Waals surface area (Å²) in [6.45, 7) is 6.39. The molecule has 0 radical (unpaired) electrons. The predicted octanol–water partition coefficient (Wildman–Crippen LogP) is 0.672. The van der Waals surface area contributed by atoms with Crippen LogP contribution in [0.15, 0.2) is 16.7 Å². The molecule has 0 atom stereocenters. The molecule has 1 N–H and O–H groups in total. The number of aryl methyl sites for hydroxylation is 2. The minimum absolute atomic E-state index is 0.482. The van der Waals surface area contributed by atoms with Crippen molar-refractivity contribution in [3.05, 3.63) is 23.8 Å². The Hall–Kier alpha value is -2.71. The molecule has 9 nitrogen and oxygen atoms in total. The first kappa shape index (κ1) is 13.0. The molecule has 114 valence electrons. The number of hydrogen-bond donors (Lipinski definition) is 1.